The number of methoxy groups -OCH3 is 1. The molecule has 6 N–H and O–H groups in total. The first-order valence-electron chi connectivity index (χ1n) is 14.4. The molecule has 13 nitrogen and oxygen atoms in total. The lowest BCUT2D eigenvalue weighted by atomic mass is 9.71. The van der Waals surface area contributed by atoms with E-state index in [1.165, 1.54) is 32.2 Å². The molecule has 4 unspecified atom stereocenters. The fourth-order valence-electron chi connectivity index (χ4n) is 6.08. The maximum Gasteiger partial charge on any atom is 0.232 e. The Morgan fingerprint density at radius 3 is 2.52 bits per heavy atom. The topological polar surface area (TPSA) is 204 Å². The van der Waals surface area contributed by atoms with E-state index in [0.29, 0.717) is 6.42 Å². The first kappa shape index (κ1) is 33.9. The predicted octanol–water partition coefficient (Wildman–Crippen LogP) is 2.13. The molecule has 0 aromatic heterocycles. The molecule has 246 valence electrons. The summed E-state index contributed by atoms with van der Waals surface area (Å²) in [5.74, 6) is -2.67. The van der Waals surface area contributed by atoms with E-state index in [1.54, 1.807) is 6.92 Å². The molecule has 0 amide bonds. The highest BCUT2D eigenvalue weighted by Crippen LogP contribution is 2.52. The van der Waals surface area contributed by atoms with Crippen LogP contribution in [-0.4, -0.2) is 85.7 Å². The molecule has 2 aromatic carbocycles. The average Bonchev–Trinajstić information content (AvgIpc) is 3.02. The number of aliphatic hydroxyl groups is 3. The zero-order chi connectivity index (χ0) is 33.7. The SMILES string of the molecule is C=C(C)C(=O)S(=P)N/N=C(/CO)[C@]1(O)Cc2c(O)c3c(c(O)c2[C@@H](OC2CCC(O)C(C)O2)C1)C(=O)c1c(OC)cccc1C3=O. The summed E-state index contributed by atoms with van der Waals surface area (Å²) in [5.41, 5.74) is -3.22. The van der Waals surface area contributed by atoms with Crippen LogP contribution in [0.15, 0.2) is 35.5 Å². The van der Waals surface area contributed by atoms with Crippen molar-refractivity contribution in [2.24, 2.45) is 5.10 Å². The summed E-state index contributed by atoms with van der Waals surface area (Å²) < 4.78 is 17.4. The number of ether oxygens (including phenoxy) is 3. The maximum atomic E-state index is 13.9. The molecule has 0 spiro atoms. The molecule has 1 saturated heterocycles. The van der Waals surface area contributed by atoms with Gasteiger partial charge in [-0.15, -0.1) is 0 Å². The van der Waals surface area contributed by atoms with Crippen LogP contribution in [0.3, 0.4) is 0 Å². The molecular weight excluding hydrogens is 639 g/mol. The zero-order valence-electron chi connectivity index (χ0n) is 25.3. The molecule has 1 heterocycles. The van der Waals surface area contributed by atoms with Gasteiger partial charge in [0.1, 0.15) is 22.8 Å². The number of nitrogens with zero attached hydrogens (tertiary/aromatic N) is 1. The number of ketones is 2. The summed E-state index contributed by atoms with van der Waals surface area (Å²) in [5, 5.41) is 59.6. The van der Waals surface area contributed by atoms with E-state index in [0.717, 1.165) is 0 Å². The summed E-state index contributed by atoms with van der Waals surface area (Å²) in [6.45, 7) is 5.98. The summed E-state index contributed by atoms with van der Waals surface area (Å²) in [6.07, 6.45) is -3.78. The van der Waals surface area contributed by atoms with Gasteiger partial charge >= 0.3 is 0 Å². The summed E-state index contributed by atoms with van der Waals surface area (Å²) >= 11 is 0. The second kappa shape index (κ2) is 13.0. The summed E-state index contributed by atoms with van der Waals surface area (Å²) in [6, 6.07) is 4.42. The van der Waals surface area contributed by atoms with Crippen LogP contribution in [0.4, 0.5) is 0 Å². The smallest absolute Gasteiger partial charge is 0.232 e. The molecule has 0 radical (unpaired) electrons. The van der Waals surface area contributed by atoms with Gasteiger partial charge in [-0.1, -0.05) is 26.7 Å². The molecule has 5 rings (SSSR count). The quantitative estimate of drug-likeness (QED) is 0.0669. The highest BCUT2D eigenvalue weighted by molar-refractivity contribution is 8.25. The highest BCUT2D eigenvalue weighted by atomic mass is 32.5. The van der Waals surface area contributed by atoms with Crippen molar-refractivity contribution >= 4 is 40.7 Å². The molecule has 2 aliphatic carbocycles. The van der Waals surface area contributed by atoms with Crippen molar-refractivity contribution in [2.75, 3.05) is 13.7 Å². The second-order valence-electron chi connectivity index (χ2n) is 11.5. The van der Waals surface area contributed by atoms with Gasteiger partial charge in [0.15, 0.2) is 12.1 Å². The Bertz CT molecular complexity index is 1710. The lowest BCUT2D eigenvalue weighted by molar-refractivity contribution is -0.241. The average molecular weight is 675 g/mol. The molecule has 46 heavy (non-hydrogen) atoms. The lowest BCUT2D eigenvalue weighted by Gasteiger charge is -2.42. The van der Waals surface area contributed by atoms with Gasteiger partial charge in [-0.2, -0.15) is 5.10 Å². The molecule has 3 aliphatic rings. The van der Waals surface area contributed by atoms with E-state index in [4.69, 9.17) is 14.2 Å². The monoisotopic (exact) mass is 674 g/mol. The third kappa shape index (κ3) is 5.79. The molecule has 2 aromatic rings. The van der Waals surface area contributed by atoms with Crippen LogP contribution in [0, 0.1) is 0 Å². The molecule has 1 fully saturated rings. The van der Waals surface area contributed by atoms with Crippen LogP contribution in [-0.2, 0) is 30.9 Å². The normalized spacial score (nSPS) is 26.4. The number of fused-ring (bicyclic) bond motifs is 3. The van der Waals surface area contributed by atoms with Gasteiger partial charge in [-0.3, -0.25) is 14.4 Å². The molecule has 0 saturated carbocycles. The van der Waals surface area contributed by atoms with Crippen molar-refractivity contribution in [3.8, 4) is 17.2 Å². The fraction of sp³-hybridized carbons (Fsp3) is 0.419. The maximum absolute atomic E-state index is 13.9. The van der Waals surface area contributed by atoms with E-state index < -0.39 is 92.8 Å². The number of nitrogens with one attached hydrogen (secondary N) is 1. The Morgan fingerprint density at radius 2 is 1.89 bits per heavy atom. The number of hydrazone groups is 1. The zero-order valence-corrected chi connectivity index (χ0v) is 27.1. The van der Waals surface area contributed by atoms with Gasteiger partial charge in [0.25, 0.3) is 0 Å². The number of carbonyl (C=O) groups excluding carboxylic acids is 3. The minimum Gasteiger partial charge on any atom is -0.507 e. The molecule has 1 aliphatic heterocycles. The summed E-state index contributed by atoms with van der Waals surface area (Å²) in [4.78, 5) is 42.5. The van der Waals surface area contributed by atoms with E-state index in [2.05, 4.69) is 24.5 Å². The number of hydrogen-bond acceptors (Lipinski definition) is 12. The van der Waals surface area contributed by atoms with Gasteiger partial charge < -0.3 is 39.7 Å². The third-order valence-corrected chi connectivity index (χ3v) is 10.3. The lowest BCUT2D eigenvalue weighted by Crippen LogP contribution is -2.49. The Kier molecular flexibility index (Phi) is 9.54. The molecular formula is C31H35N2O11PS. The predicted molar refractivity (Wildman–Crippen MR) is 169 cm³/mol. The Balaban J connectivity index is 1.66. The van der Waals surface area contributed by atoms with Crippen LogP contribution in [0.5, 0.6) is 17.2 Å². The van der Waals surface area contributed by atoms with Gasteiger partial charge in [-0.05, 0) is 31.9 Å². The standard InChI is InChI=1S/C31H35N2O11PS/c1-13(2)30(40)46(45)33-32-20(12-34)31(41)10-16-23(19(11-31)44-21-9-8-17(35)14(3)43-21)29(39)25-24(27(16)37)26(36)15-6-5-7-18(42-4)22(15)28(25)38/h5-7,14,17,19,21,33-35,37,39,41,45H,1,8-12H2,2-4H3/b32-20-/t14?,17?,19-,21?,31-,46?/m0/s1. The van der Waals surface area contributed by atoms with Crippen molar-refractivity contribution in [1.82, 2.24) is 4.83 Å². The molecule has 0 bridgehead atoms. The van der Waals surface area contributed by atoms with E-state index in [1.807, 2.05) is 0 Å². The van der Waals surface area contributed by atoms with E-state index in [-0.39, 0.29) is 52.1 Å². The number of aromatic hydroxyl groups is 2. The van der Waals surface area contributed by atoms with Crippen LogP contribution in [0.1, 0.15) is 82.2 Å². The van der Waals surface area contributed by atoms with Gasteiger partial charge in [0, 0.05) is 46.2 Å². The highest BCUT2D eigenvalue weighted by Gasteiger charge is 2.49. The fourth-order valence-corrected chi connectivity index (χ4v) is 7.37. The summed E-state index contributed by atoms with van der Waals surface area (Å²) in [7, 11) is 3.22. The van der Waals surface area contributed by atoms with E-state index >= 15 is 0 Å². The Labute approximate surface area is 268 Å². The Morgan fingerprint density at radius 1 is 1.20 bits per heavy atom. The van der Waals surface area contributed by atoms with Gasteiger partial charge in [-0.25, -0.2) is 4.83 Å². The minimum atomic E-state index is -2.05. The van der Waals surface area contributed by atoms with Crippen LogP contribution < -0.4 is 9.57 Å². The number of carbonyl (C=O) groups is 3. The van der Waals surface area contributed by atoms with Crippen molar-refractivity contribution in [3.63, 3.8) is 0 Å². The number of phenols is 2. The largest absolute Gasteiger partial charge is 0.507 e. The van der Waals surface area contributed by atoms with Gasteiger partial charge in [0.2, 0.25) is 10.9 Å². The molecule has 6 atom stereocenters. The number of phenolic OH excluding ortho intramolecular Hbond substituents is 2. The number of benzene rings is 2. The van der Waals surface area contributed by atoms with E-state index in [9.17, 15) is 39.9 Å². The van der Waals surface area contributed by atoms with Crippen LogP contribution in [0.2, 0.25) is 0 Å². The number of aliphatic hydroxyl groups excluding tert-OH is 2. The van der Waals surface area contributed by atoms with Crippen molar-refractivity contribution < 1.29 is 54.1 Å². The first-order chi connectivity index (χ1) is 21.7. The Hall–Kier alpha value is -3.49. The van der Waals surface area contributed by atoms with Gasteiger partial charge in [0.05, 0.1) is 54.4 Å². The third-order valence-electron chi connectivity index (χ3n) is 8.49. The van der Waals surface area contributed by atoms with Crippen molar-refractivity contribution in [3.05, 3.63) is 63.7 Å². The first-order valence-corrected chi connectivity index (χ1v) is 16.9. The molecule has 15 heteroatoms. The van der Waals surface area contributed by atoms with Crippen LogP contribution >= 0.6 is 8.02 Å². The number of rotatable bonds is 8. The second-order valence-corrected chi connectivity index (χ2v) is 13.9. The van der Waals surface area contributed by atoms with Crippen molar-refractivity contribution in [2.45, 2.75) is 69.7 Å². The number of hydrogen-bond donors (Lipinski definition) is 6. The van der Waals surface area contributed by atoms with Crippen LogP contribution in [0.25, 0.3) is 0 Å². The van der Waals surface area contributed by atoms with Crippen molar-refractivity contribution in [1.29, 1.82) is 0 Å². The minimum absolute atomic E-state index is 0.0401.